The zero-order valence-corrected chi connectivity index (χ0v) is 7.37. The van der Waals surface area contributed by atoms with E-state index in [-0.39, 0.29) is 5.69 Å². The highest BCUT2D eigenvalue weighted by molar-refractivity contribution is 5.47. The molecule has 3 nitrogen and oxygen atoms in total. The fourth-order valence-electron chi connectivity index (χ4n) is 1.07. The Bertz CT molecular complexity index is 336. The van der Waals surface area contributed by atoms with E-state index in [0.29, 0.717) is 5.56 Å². The average Bonchev–Trinajstić information content (AvgIpc) is 2.03. The van der Waals surface area contributed by atoms with Crippen LogP contribution < -0.4 is 0 Å². The first-order chi connectivity index (χ1) is 6.02. The van der Waals surface area contributed by atoms with Gasteiger partial charge in [0.2, 0.25) is 0 Å². The Hall–Kier alpha value is -1.45. The Morgan fingerprint density at radius 3 is 2.54 bits per heavy atom. The van der Waals surface area contributed by atoms with E-state index in [1.165, 1.54) is 12.1 Å². The summed E-state index contributed by atoms with van der Waals surface area (Å²) in [6, 6.07) is 3.44. The molecule has 0 aliphatic carbocycles. The van der Waals surface area contributed by atoms with Gasteiger partial charge in [0.15, 0.2) is 0 Å². The Morgan fingerprint density at radius 2 is 2.08 bits per heavy atom. The molecule has 0 spiro atoms. The van der Waals surface area contributed by atoms with Gasteiger partial charge in [0, 0.05) is 17.5 Å². The van der Waals surface area contributed by atoms with Crippen molar-refractivity contribution in [2.75, 3.05) is 0 Å². The first-order valence-electron chi connectivity index (χ1n) is 3.77. The highest BCUT2D eigenvalue weighted by Crippen LogP contribution is 2.25. The molecule has 1 aromatic carbocycles. The van der Waals surface area contributed by atoms with Crippen LogP contribution in [0.2, 0.25) is 0 Å². The molecule has 0 saturated carbocycles. The van der Waals surface area contributed by atoms with Crippen molar-refractivity contribution >= 4 is 5.69 Å². The minimum absolute atomic E-state index is 0.0543. The van der Waals surface area contributed by atoms with Crippen LogP contribution in [0, 0.1) is 21.8 Å². The van der Waals surface area contributed by atoms with Crippen LogP contribution in [0.15, 0.2) is 18.2 Å². The van der Waals surface area contributed by atoms with Gasteiger partial charge in [-0.15, -0.1) is 0 Å². The molecule has 0 atom stereocenters. The van der Waals surface area contributed by atoms with E-state index in [4.69, 9.17) is 0 Å². The topological polar surface area (TPSA) is 43.1 Å². The second-order valence-corrected chi connectivity index (χ2v) is 2.92. The molecule has 13 heavy (non-hydrogen) atoms. The number of nitro groups is 1. The van der Waals surface area contributed by atoms with E-state index < -0.39 is 10.7 Å². The van der Waals surface area contributed by atoms with Gasteiger partial charge in [0.05, 0.1) is 4.92 Å². The van der Waals surface area contributed by atoms with Gasteiger partial charge in [0.1, 0.15) is 5.82 Å². The standard InChI is InChI=1S/C9H9FNO2/c1-6(2)8-5-7(10)3-4-9(8)11(12)13/h3-5H,1-2H3. The lowest BCUT2D eigenvalue weighted by molar-refractivity contribution is -0.385. The van der Waals surface area contributed by atoms with Crippen molar-refractivity contribution in [1.82, 2.24) is 0 Å². The number of hydrogen-bond donors (Lipinski definition) is 0. The van der Waals surface area contributed by atoms with Gasteiger partial charge < -0.3 is 0 Å². The van der Waals surface area contributed by atoms with Crippen LogP contribution in [-0.2, 0) is 0 Å². The third-order valence-electron chi connectivity index (χ3n) is 1.69. The van der Waals surface area contributed by atoms with Crippen molar-refractivity contribution < 1.29 is 9.31 Å². The van der Waals surface area contributed by atoms with E-state index in [1.54, 1.807) is 13.8 Å². The molecule has 1 aromatic rings. The molecular weight excluding hydrogens is 173 g/mol. The van der Waals surface area contributed by atoms with Gasteiger partial charge in [0.25, 0.3) is 5.69 Å². The predicted octanol–water partition coefficient (Wildman–Crippen LogP) is 2.70. The average molecular weight is 182 g/mol. The Labute approximate surface area is 75.3 Å². The summed E-state index contributed by atoms with van der Waals surface area (Å²) in [7, 11) is 0. The number of hydrogen-bond acceptors (Lipinski definition) is 2. The van der Waals surface area contributed by atoms with Gasteiger partial charge in [-0.25, -0.2) is 4.39 Å². The first kappa shape index (κ1) is 9.64. The zero-order chi connectivity index (χ0) is 10.0. The van der Waals surface area contributed by atoms with Crippen LogP contribution in [0.3, 0.4) is 0 Å². The third kappa shape index (κ3) is 2.02. The van der Waals surface area contributed by atoms with Crippen LogP contribution >= 0.6 is 0 Å². The molecule has 4 heteroatoms. The maximum Gasteiger partial charge on any atom is 0.273 e. The van der Waals surface area contributed by atoms with Crippen molar-refractivity contribution in [2.24, 2.45) is 0 Å². The van der Waals surface area contributed by atoms with Gasteiger partial charge in [-0.1, -0.05) is 13.8 Å². The van der Waals surface area contributed by atoms with Crippen molar-refractivity contribution in [3.8, 4) is 0 Å². The molecule has 0 bridgehead atoms. The normalized spacial score (nSPS) is 10.5. The predicted molar refractivity (Wildman–Crippen MR) is 46.7 cm³/mol. The van der Waals surface area contributed by atoms with E-state index in [0.717, 1.165) is 12.0 Å². The summed E-state index contributed by atoms with van der Waals surface area (Å²) in [5, 5.41) is 10.5. The summed E-state index contributed by atoms with van der Waals surface area (Å²) in [6.07, 6.45) is 0. The lowest BCUT2D eigenvalue weighted by Crippen LogP contribution is -1.98. The second-order valence-electron chi connectivity index (χ2n) is 2.92. The molecule has 0 amide bonds. The maximum absolute atomic E-state index is 12.7. The number of halogens is 1. The molecular formula is C9H9FNO2. The number of rotatable bonds is 2. The Kier molecular flexibility index (Phi) is 2.60. The third-order valence-corrected chi connectivity index (χ3v) is 1.69. The molecule has 0 saturated heterocycles. The lowest BCUT2D eigenvalue weighted by Gasteiger charge is -2.04. The van der Waals surface area contributed by atoms with E-state index in [2.05, 4.69) is 0 Å². The van der Waals surface area contributed by atoms with Gasteiger partial charge in [-0.2, -0.15) is 0 Å². The van der Waals surface area contributed by atoms with Gasteiger partial charge in [-0.3, -0.25) is 10.1 Å². The van der Waals surface area contributed by atoms with E-state index in [1.807, 2.05) is 0 Å². The summed E-state index contributed by atoms with van der Waals surface area (Å²) in [5.74, 6) is 0.271. The first-order valence-corrected chi connectivity index (χ1v) is 3.77. The highest BCUT2D eigenvalue weighted by atomic mass is 19.1. The smallest absolute Gasteiger partial charge is 0.258 e. The summed E-state index contributed by atoms with van der Waals surface area (Å²) < 4.78 is 12.7. The molecule has 0 N–H and O–H groups in total. The molecule has 0 aliphatic rings. The quantitative estimate of drug-likeness (QED) is 0.521. The molecule has 69 valence electrons. The molecule has 0 unspecified atom stereocenters. The minimum atomic E-state index is -0.512. The Morgan fingerprint density at radius 1 is 1.46 bits per heavy atom. The van der Waals surface area contributed by atoms with Gasteiger partial charge >= 0.3 is 0 Å². The molecule has 0 heterocycles. The molecule has 0 aromatic heterocycles. The molecule has 0 fully saturated rings. The monoisotopic (exact) mass is 182 g/mol. The highest BCUT2D eigenvalue weighted by Gasteiger charge is 2.16. The van der Waals surface area contributed by atoms with Crippen molar-refractivity contribution in [3.05, 3.63) is 45.6 Å². The molecule has 1 radical (unpaired) electrons. The fourth-order valence-corrected chi connectivity index (χ4v) is 1.07. The Balaban J connectivity index is 3.26. The summed E-state index contributed by atoms with van der Waals surface area (Å²) >= 11 is 0. The molecule has 0 aliphatic heterocycles. The van der Waals surface area contributed by atoms with Crippen molar-refractivity contribution in [1.29, 1.82) is 0 Å². The number of nitro benzene ring substituents is 1. The minimum Gasteiger partial charge on any atom is -0.258 e. The second kappa shape index (κ2) is 3.51. The van der Waals surface area contributed by atoms with Crippen LogP contribution in [0.5, 0.6) is 0 Å². The van der Waals surface area contributed by atoms with Crippen molar-refractivity contribution in [3.63, 3.8) is 0 Å². The number of nitrogens with zero attached hydrogens (tertiary/aromatic N) is 1. The van der Waals surface area contributed by atoms with Crippen molar-refractivity contribution in [2.45, 2.75) is 13.8 Å². The van der Waals surface area contributed by atoms with Crippen LogP contribution in [0.25, 0.3) is 0 Å². The lowest BCUT2D eigenvalue weighted by atomic mass is 10.0. The molecule has 1 rings (SSSR count). The maximum atomic E-state index is 12.7. The summed E-state index contributed by atoms with van der Waals surface area (Å²) in [4.78, 5) is 10.00. The fraction of sp³-hybridized carbons (Fsp3) is 0.222. The summed E-state index contributed by atoms with van der Waals surface area (Å²) in [6.45, 7) is 3.42. The van der Waals surface area contributed by atoms with Gasteiger partial charge in [-0.05, 0) is 12.1 Å². The van der Waals surface area contributed by atoms with E-state index in [9.17, 15) is 14.5 Å². The SMILES string of the molecule is C[C](C)c1cc(F)ccc1[N+](=O)[O-]. The van der Waals surface area contributed by atoms with Crippen LogP contribution in [-0.4, -0.2) is 4.92 Å². The van der Waals surface area contributed by atoms with E-state index >= 15 is 0 Å². The summed E-state index contributed by atoms with van der Waals surface area (Å²) in [5.41, 5.74) is 0.298. The zero-order valence-electron chi connectivity index (χ0n) is 7.37. The van der Waals surface area contributed by atoms with Crippen LogP contribution in [0.1, 0.15) is 19.4 Å². The van der Waals surface area contributed by atoms with Crippen LogP contribution in [0.4, 0.5) is 10.1 Å². The largest absolute Gasteiger partial charge is 0.273 e. The number of benzene rings is 1.